The summed E-state index contributed by atoms with van der Waals surface area (Å²) in [6, 6.07) is 0. The van der Waals surface area contributed by atoms with Crippen molar-refractivity contribution in [3.05, 3.63) is 17.7 Å². The number of rotatable bonds is 3. The average Bonchev–Trinajstić information content (AvgIpc) is 2.64. The number of alkyl halides is 3. The summed E-state index contributed by atoms with van der Waals surface area (Å²) in [5, 5.41) is 0. The van der Waals surface area contributed by atoms with E-state index < -0.39 is 12.5 Å². The highest BCUT2D eigenvalue weighted by molar-refractivity contribution is 5.35. The second kappa shape index (κ2) is 3.57. The lowest BCUT2D eigenvalue weighted by Crippen LogP contribution is -2.74. The van der Waals surface area contributed by atoms with Gasteiger partial charge in [0, 0.05) is 28.8 Å². The van der Waals surface area contributed by atoms with E-state index in [0.717, 1.165) is 30.8 Å². The number of nitrogens with two attached hydrogens (primary N) is 1. The van der Waals surface area contributed by atoms with Crippen molar-refractivity contribution in [1.29, 1.82) is 0 Å². The molecule has 4 aliphatic carbocycles. The molecule has 5 rings (SSSR count). The van der Waals surface area contributed by atoms with Crippen molar-refractivity contribution < 1.29 is 17.9 Å². The molecule has 1 aromatic rings. The molecule has 3 N–H and O–H groups in total. The highest BCUT2D eigenvalue weighted by Gasteiger charge is 2.68. The zero-order valence-corrected chi connectivity index (χ0v) is 10.8. The third kappa shape index (κ3) is 1.79. The third-order valence-electron chi connectivity index (χ3n) is 5.00. The molecule has 1 aromatic heterocycles. The highest BCUT2D eigenvalue weighted by atomic mass is 19.4. The van der Waals surface area contributed by atoms with Gasteiger partial charge in [0.1, 0.15) is 5.82 Å². The molecular weight excluding hydrogens is 271 g/mol. The Morgan fingerprint density at radius 2 is 1.95 bits per heavy atom. The molecule has 4 saturated carbocycles. The van der Waals surface area contributed by atoms with Crippen LogP contribution in [0.25, 0.3) is 0 Å². The second-order valence-electron chi connectivity index (χ2n) is 6.71. The van der Waals surface area contributed by atoms with E-state index in [4.69, 9.17) is 5.73 Å². The Kier molecular flexibility index (Phi) is 2.26. The Balaban J connectivity index is 1.37. The maximum absolute atomic E-state index is 12.1. The Labute approximate surface area is 113 Å². The van der Waals surface area contributed by atoms with Gasteiger partial charge in [-0.15, -0.1) is 13.2 Å². The van der Waals surface area contributed by atoms with Crippen LogP contribution in [-0.4, -0.2) is 28.0 Å². The Bertz CT molecular complexity index is 528. The lowest BCUT2D eigenvalue weighted by molar-refractivity contribution is -0.351. The van der Waals surface area contributed by atoms with Crippen molar-refractivity contribution in [2.45, 2.75) is 61.4 Å². The molecule has 0 aromatic carbocycles. The van der Waals surface area contributed by atoms with Gasteiger partial charge in [-0.1, -0.05) is 0 Å². The summed E-state index contributed by atoms with van der Waals surface area (Å²) in [4.78, 5) is 7.70. The number of aromatic nitrogens is 2. The zero-order chi connectivity index (χ0) is 14.2. The lowest BCUT2D eigenvalue weighted by Gasteiger charge is -2.67. The molecule has 110 valence electrons. The molecule has 4 fully saturated rings. The normalized spacial score (nSPS) is 42.6. The molecule has 0 spiro atoms. The van der Waals surface area contributed by atoms with Gasteiger partial charge in [0.2, 0.25) is 0 Å². The van der Waals surface area contributed by atoms with E-state index in [1.54, 1.807) is 6.20 Å². The number of nitrogens with zero attached hydrogens (tertiary/aromatic N) is 1. The zero-order valence-electron chi connectivity index (χ0n) is 10.8. The van der Waals surface area contributed by atoms with Crippen molar-refractivity contribution in [2.24, 2.45) is 5.73 Å². The van der Waals surface area contributed by atoms with E-state index >= 15 is 0 Å². The summed E-state index contributed by atoms with van der Waals surface area (Å²) in [5.41, 5.74) is 7.10. The predicted molar refractivity (Wildman–Crippen MR) is 63.9 cm³/mol. The van der Waals surface area contributed by atoms with E-state index in [1.807, 2.05) is 0 Å². The summed E-state index contributed by atoms with van der Waals surface area (Å²) in [7, 11) is 0. The first-order valence-corrected chi connectivity index (χ1v) is 6.86. The summed E-state index contributed by atoms with van der Waals surface area (Å²) in [6.45, 7) is 0. The molecule has 7 heteroatoms. The monoisotopic (exact) mass is 287 g/mol. The molecule has 1 heterocycles. The summed E-state index contributed by atoms with van der Waals surface area (Å²) in [5.74, 6) is 1.06. The largest absolute Gasteiger partial charge is 0.522 e. The van der Waals surface area contributed by atoms with Crippen molar-refractivity contribution in [3.63, 3.8) is 0 Å². The topological polar surface area (TPSA) is 63.9 Å². The number of ether oxygens (including phenoxy) is 1. The van der Waals surface area contributed by atoms with Gasteiger partial charge in [-0.25, -0.2) is 4.98 Å². The predicted octanol–water partition coefficient (Wildman–Crippen LogP) is 2.32. The van der Waals surface area contributed by atoms with Crippen molar-refractivity contribution in [3.8, 4) is 0 Å². The minimum Gasteiger partial charge on any atom is -0.345 e. The number of hydrogen-bond donors (Lipinski definition) is 2. The van der Waals surface area contributed by atoms with Crippen LogP contribution in [0, 0.1) is 0 Å². The molecule has 0 unspecified atom stereocenters. The van der Waals surface area contributed by atoms with Crippen molar-refractivity contribution in [1.82, 2.24) is 9.97 Å². The summed E-state index contributed by atoms with van der Waals surface area (Å²) < 4.78 is 40.2. The van der Waals surface area contributed by atoms with E-state index in [9.17, 15) is 13.2 Å². The minimum absolute atomic E-state index is 0.0229. The molecule has 0 radical (unpaired) electrons. The van der Waals surface area contributed by atoms with Crippen LogP contribution in [0.15, 0.2) is 6.20 Å². The molecule has 0 atom stereocenters. The van der Waals surface area contributed by atoms with Gasteiger partial charge < -0.3 is 10.7 Å². The molecule has 2 bridgehead atoms. The summed E-state index contributed by atoms with van der Waals surface area (Å²) in [6.07, 6.45) is 0.216. The standard InChI is InChI=1S/C13H16F3N3O/c14-13(15,16)20-8-1-7(2-8)9-3-18-10(19-9)11-4-12(17,5-11)6-11/h3,7-8H,1-2,4-6,17H2,(H,18,19). The third-order valence-corrected chi connectivity index (χ3v) is 5.00. The minimum atomic E-state index is -4.53. The first kappa shape index (κ1) is 12.6. The number of imidazole rings is 1. The van der Waals surface area contributed by atoms with E-state index in [2.05, 4.69) is 14.7 Å². The van der Waals surface area contributed by atoms with Gasteiger partial charge in [0.15, 0.2) is 0 Å². The van der Waals surface area contributed by atoms with Crippen LogP contribution < -0.4 is 5.73 Å². The van der Waals surface area contributed by atoms with Crippen LogP contribution in [0.1, 0.15) is 49.5 Å². The quantitative estimate of drug-likeness (QED) is 0.896. The SMILES string of the molecule is NC12CC(c3ncc(C4CC(OC(F)(F)F)C4)[nH]3)(C1)C2. The van der Waals surface area contributed by atoms with Gasteiger partial charge >= 0.3 is 6.36 Å². The second-order valence-corrected chi connectivity index (χ2v) is 6.71. The van der Waals surface area contributed by atoms with Crippen LogP contribution in [-0.2, 0) is 10.2 Å². The fraction of sp³-hybridized carbons (Fsp3) is 0.769. The molecular formula is C13H16F3N3O. The Morgan fingerprint density at radius 3 is 2.50 bits per heavy atom. The lowest BCUT2D eigenvalue weighted by atomic mass is 9.39. The first-order chi connectivity index (χ1) is 9.27. The van der Waals surface area contributed by atoms with Gasteiger partial charge in [-0.05, 0) is 32.1 Å². The van der Waals surface area contributed by atoms with Crippen LogP contribution >= 0.6 is 0 Å². The first-order valence-electron chi connectivity index (χ1n) is 6.86. The van der Waals surface area contributed by atoms with Crippen LogP contribution in [0.4, 0.5) is 13.2 Å². The van der Waals surface area contributed by atoms with Gasteiger partial charge in [-0.2, -0.15) is 0 Å². The van der Waals surface area contributed by atoms with Gasteiger partial charge in [0.25, 0.3) is 0 Å². The molecule has 4 nitrogen and oxygen atoms in total. The molecule has 0 amide bonds. The number of H-pyrrole nitrogens is 1. The number of nitrogens with one attached hydrogen (secondary N) is 1. The number of aromatic amines is 1. The van der Waals surface area contributed by atoms with Crippen LogP contribution in [0.5, 0.6) is 0 Å². The van der Waals surface area contributed by atoms with Crippen LogP contribution in [0.3, 0.4) is 0 Å². The fourth-order valence-electron chi connectivity index (χ4n) is 4.03. The van der Waals surface area contributed by atoms with Crippen LogP contribution in [0.2, 0.25) is 0 Å². The fourth-order valence-corrected chi connectivity index (χ4v) is 4.03. The molecule has 20 heavy (non-hydrogen) atoms. The molecule has 4 aliphatic rings. The van der Waals surface area contributed by atoms with Crippen molar-refractivity contribution >= 4 is 0 Å². The highest BCUT2D eigenvalue weighted by Crippen LogP contribution is 2.65. The average molecular weight is 287 g/mol. The number of hydrogen-bond acceptors (Lipinski definition) is 3. The van der Waals surface area contributed by atoms with Gasteiger partial charge in [-0.3, -0.25) is 4.74 Å². The molecule has 0 aliphatic heterocycles. The maximum Gasteiger partial charge on any atom is 0.522 e. The van der Waals surface area contributed by atoms with Crippen molar-refractivity contribution in [2.75, 3.05) is 0 Å². The Morgan fingerprint density at radius 1 is 1.30 bits per heavy atom. The van der Waals surface area contributed by atoms with E-state index in [0.29, 0.717) is 12.8 Å². The number of halogens is 3. The smallest absolute Gasteiger partial charge is 0.345 e. The van der Waals surface area contributed by atoms with E-state index in [-0.39, 0.29) is 16.9 Å². The summed E-state index contributed by atoms with van der Waals surface area (Å²) >= 11 is 0. The molecule has 0 saturated heterocycles. The van der Waals surface area contributed by atoms with E-state index in [1.165, 1.54) is 0 Å². The Hall–Kier alpha value is -1.08. The van der Waals surface area contributed by atoms with Gasteiger partial charge in [0.05, 0.1) is 6.10 Å². The maximum atomic E-state index is 12.1.